The minimum atomic E-state index is -1.09. The van der Waals surface area contributed by atoms with Crippen molar-refractivity contribution in [1.82, 2.24) is 0 Å². The van der Waals surface area contributed by atoms with Crippen molar-refractivity contribution >= 4 is 0 Å². The lowest BCUT2D eigenvalue weighted by atomic mass is 9.48. The fraction of sp³-hybridized carbons (Fsp3) is 0.727. The van der Waals surface area contributed by atoms with Gasteiger partial charge in [-0.05, 0) is 81.5 Å². The first kappa shape index (κ1) is 17.6. The van der Waals surface area contributed by atoms with Crippen LogP contribution in [0.3, 0.4) is 0 Å². The lowest BCUT2D eigenvalue weighted by Gasteiger charge is -2.57. The Labute approximate surface area is 156 Å². The standard InChI is InChI=1S/C22H29NO3/c1-4-21-14-15(3)20-17-9-7-6-8-16(17)10-11-18(20)19(21)12-13-22(21,5-2)26-23(24)25/h2,8,17-20H,3-4,6-7,9-14H2,1H3/t17?,18-,19-,20+,21-,22-/m0/s1. The van der Waals surface area contributed by atoms with Gasteiger partial charge >= 0.3 is 0 Å². The molecule has 4 heteroatoms. The van der Waals surface area contributed by atoms with E-state index < -0.39 is 10.7 Å². The van der Waals surface area contributed by atoms with Gasteiger partial charge < -0.3 is 0 Å². The Morgan fingerprint density at radius 2 is 2.27 bits per heavy atom. The van der Waals surface area contributed by atoms with Gasteiger partial charge in [-0.2, -0.15) is 0 Å². The predicted octanol–water partition coefficient (Wildman–Crippen LogP) is 5.09. The third-order valence-corrected chi connectivity index (χ3v) is 8.21. The van der Waals surface area contributed by atoms with Crippen LogP contribution >= 0.6 is 0 Å². The SMILES string of the molecule is C#C[C@]1(O[N+](=O)[O-])CC[C@H]2[C@@H]3CCC4=CCCCC4[C@H]3C(=C)C[C@@]21CC. The van der Waals surface area contributed by atoms with E-state index in [0.717, 1.165) is 25.7 Å². The zero-order chi connectivity index (χ0) is 18.5. The maximum Gasteiger partial charge on any atom is 0.296 e. The van der Waals surface area contributed by atoms with Gasteiger partial charge in [0.2, 0.25) is 0 Å². The lowest BCUT2D eigenvalue weighted by Crippen LogP contribution is -2.55. The van der Waals surface area contributed by atoms with Crippen LogP contribution in [0.2, 0.25) is 0 Å². The molecular weight excluding hydrogens is 326 g/mol. The van der Waals surface area contributed by atoms with Crippen LogP contribution in [0.1, 0.15) is 64.7 Å². The van der Waals surface area contributed by atoms with Crippen molar-refractivity contribution in [2.24, 2.45) is 29.1 Å². The minimum Gasteiger partial charge on any atom is -0.294 e. The maximum atomic E-state index is 11.3. The Hall–Kier alpha value is -1.76. The van der Waals surface area contributed by atoms with Gasteiger partial charge in [0.1, 0.15) is 0 Å². The molecule has 1 unspecified atom stereocenters. The Balaban J connectivity index is 1.74. The molecule has 0 heterocycles. The van der Waals surface area contributed by atoms with E-state index in [4.69, 9.17) is 11.3 Å². The third kappa shape index (κ3) is 2.22. The second-order valence-electron chi connectivity index (χ2n) is 8.82. The molecule has 0 amide bonds. The molecule has 0 aliphatic heterocycles. The first-order valence-corrected chi connectivity index (χ1v) is 10.2. The highest BCUT2D eigenvalue weighted by Crippen LogP contribution is 2.68. The van der Waals surface area contributed by atoms with Crippen LogP contribution in [0.25, 0.3) is 0 Å². The van der Waals surface area contributed by atoms with Gasteiger partial charge in [-0.1, -0.05) is 36.6 Å². The van der Waals surface area contributed by atoms with Gasteiger partial charge in [-0.15, -0.1) is 16.5 Å². The van der Waals surface area contributed by atoms with Crippen LogP contribution in [-0.4, -0.2) is 10.7 Å². The van der Waals surface area contributed by atoms with Crippen molar-refractivity contribution in [3.8, 4) is 12.3 Å². The van der Waals surface area contributed by atoms with Gasteiger partial charge in [0.25, 0.3) is 5.09 Å². The summed E-state index contributed by atoms with van der Waals surface area (Å²) in [7, 11) is 0. The molecule has 3 saturated carbocycles. The summed E-state index contributed by atoms with van der Waals surface area (Å²) in [4.78, 5) is 16.5. The zero-order valence-electron chi connectivity index (χ0n) is 15.7. The van der Waals surface area contributed by atoms with Crippen LogP contribution in [0.4, 0.5) is 0 Å². The van der Waals surface area contributed by atoms with Gasteiger partial charge in [-0.25, -0.2) is 0 Å². The van der Waals surface area contributed by atoms with Gasteiger partial charge in [0, 0.05) is 5.41 Å². The fourth-order valence-electron chi connectivity index (χ4n) is 7.29. The highest BCUT2D eigenvalue weighted by atomic mass is 17.0. The van der Waals surface area contributed by atoms with E-state index in [1.54, 1.807) is 5.57 Å². The van der Waals surface area contributed by atoms with Gasteiger partial charge in [0.15, 0.2) is 5.60 Å². The summed E-state index contributed by atoms with van der Waals surface area (Å²) in [5.74, 6) is 4.88. The number of fused-ring (bicyclic) bond motifs is 5. The van der Waals surface area contributed by atoms with E-state index in [0.29, 0.717) is 30.1 Å². The Kier molecular flexibility index (Phi) is 4.17. The summed E-state index contributed by atoms with van der Waals surface area (Å²) in [5, 5.41) is 10.6. The molecule has 4 aliphatic carbocycles. The second kappa shape index (κ2) is 6.15. The molecule has 0 aromatic heterocycles. The van der Waals surface area contributed by atoms with Crippen LogP contribution in [0.5, 0.6) is 0 Å². The van der Waals surface area contributed by atoms with Crippen LogP contribution in [-0.2, 0) is 4.84 Å². The lowest BCUT2D eigenvalue weighted by molar-refractivity contribution is -0.781. The summed E-state index contributed by atoms with van der Waals surface area (Å²) >= 11 is 0. The molecule has 0 radical (unpaired) electrons. The molecule has 3 fully saturated rings. The average molecular weight is 355 g/mol. The molecule has 0 saturated heterocycles. The number of rotatable bonds is 3. The van der Waals surface area contributed by atoms with E-state index in [-0.39, 0.29) is 5.41 Å². The average Bonchev–Trinajstić information content (AvgIpc) is 2.95. The fourth-order valence-corrected chi connectivity index (χ4v) is 7.29. The van der Waals surface area contributed by atoms with Crippen molar-refractivity contribution in [3.05, 3.63) is 33.9 Å². The molecule has 6 atom stereocenters. The van der Waals surface area contributed by atoms with Crippen molar-refractivity contribution in [1.29, 1.82) is 0 Å². The third-order valence-electron chi connectivity index (χ3n) is 8.21. The number of terminal acetylenes is 1. The highest BCUT2D eigenvalue weighted by Gasteiger charge is 2.66. The zero-order valence-corrected chi connectivity index (χ0v) is 15.7. The minimum absolute atomic E-state index is 0.344. The Morgan fingerprint density at radius 3 is 2.96 bits per heavy atom. The van der Waals surface area contributed by atoms with E-state index >= 15 is 0 Å². The van der Waals surface area contributed by atoms with Crippen molar-refractivity contribution in [3.63, 3.8) is 0 Å². The van der Waals surface area contributed by atoms with E-state index in [9.17, 15) is 10.1 Å². The molecule has 26 heavy (non-hydrogen) atoms. The molecule has 4 rings (SSSR count). The molecule has 0 N–H and O–H groups in total. The molecule has 0 aromatic rings. The van der Waals surface area contributed by atoms with Gasteiger partial charge in [0.05, 0.1) is 0 Å². The molecular formula is C22H29NO3. The molecule has 4 nitrogen and oxygen atoms in total. The molecule has 0 spiro atoms. The first-order valence-electron chi connectivity index (χ1n) is 10.2. The van der Waals surface area contributed by atoms with Crippen molar-refractivity contribution < 1.29 is 9.92 Å². The van der Waals surface area contributed by atoms with Gasteiger partial charge in [-0.3, -0.25) is 4.84 Å². The highest BCUT2D eigenvalue weighted by molar-refractivity contribution is 5.32. The summed E-state index contributed by atoms with van der Waals surface area (Å²) in [5.41, 5.74) is 1.47. The van der Waals surface area contributed by atoms with Crippen LogP contribution < -0.4 is 0 Å². The predicted molar refractivity (Wildman–Crippen MR) is 100 cm³/mol. The number of nitrogens with zero attached hydrogens (tertiary/aromatic N) is 1. The summed E-state index contributed by atoms with van der Waals surface area (Å²) < 4.78 is 0. The van der Waals surface area contributed by atoms with Crippen molar-refractivity contribution in [2.45, 2.75) is 70.3 Å². The van der Waals surface area contributed by atoms with E-state index in [1.807, 2.05) is 0 Å². The summed E-state index contributed by atoms with van der Waals surface area (Å²) in [6.07, 6.45) is 17.6. The normalized spacial score (nSPS) is 44.2. The summed E-state index contributed by atoms with van der Waals surface area (Å²) in [6, 6.07) is 0. The first-order chi connectivity index (χ1) is 12.5. The number of hydrogen-bond donors (Lipinski definition) is 0. The molecule has 4 aliphatic rings. The maximum absolute atomic E-state index is 11.3. The number of allylic oxidation sites excluding steroid dienone is 3. The van der Waals surface area contributed by atoms with Crippen LogP contribution in [0, 0.1) is 51.5 Å². The van der Waals surface area contributed by atoms with Crippen molar-refractivity contribution in [2.75, 3.05) is 0 Å². The van der Waals surface area contributed by atoms with Crippen LogP contribution in [0.15, 0.2) is 23.8 Å². The quantitative estimate of drug-likeness (QED) is 0.307. The topological polar surface area (TPSA) is 52.4 Å². The second-order valence-corrected chi connectivity index (χ2v) is 8.82. The van der Waals surface area contributed by atoms with E-state index in [2.05, 4.69) is 25.5 Å². The largest absolute Gasteiger partial charge is 0.296 e. The summed E-state index contributed by atoms with van der Waals surface area (Å²) in [6.45, 7) is 6.62. The molecule has 140 valence electrons. The molecule has 0 bridgehead atoms. The Morgan fingerprint density at radius 1 is 1.46 bits per heavy atom. The smallest absolute Gasteiger partial charge is 0.294 e. The monoisotopic (exact) mass is 355 g/mol. The number of hydrogen-bond acceptors (Lipinski definition) is 3. The molecule has 0 aromatic carbocycles. The Bertz CT molecular complexity index is 705. The van der Waals surface area contributed by atoms with E-state index in [1.165, 1.54) is 31.3 Å².